The number of unbranched alkanes of at least 4 members (excludes halogenated alkanes) is 29. The smallest absolute Gasteiger partial charge is 0.306 e. The van der Waals surface area contributed by atoms with Gasteiger partial charge in [0.2, 0.25) is 0 Å². The van der Waals surface area contributed by atoms with Gasteiger partial charge in [-0.1, -0.05) is 220 Å². The third kappa shape index (κ3) is 41.4. The highest BCUT2D eigenvalue weighted by molar-refractivity contribution is 5.71. The number of hydrogen-bond donors (Lipinski definition) is 0. The Bertz CT molecular complexity index is 796. The lowest BCUT2D eigenvalue weighted by Crippen LogP contribution is -2.30. The van der Waals surface area contributed by atoms with Gasteiger partial charge in [0.1, 0.15) is 13.2 Å². The standard InChI is InChI=1S/C47H90O6/c1-5-7-9-11-13-15-16-17-18-19-23-27-31-35-39-46(49)52-42-44(41-51-45(48)38-34-30-26-21-14-12-10-8-6-2)53-47(50)40-36-32-28-24-20-22-25-29-33-37-43(3)4/h43-44H,5-42H2,1-4H3/t44-/m1/s1. The van der Waals surface area contributed by atoms with Crippen molar-refractivity contribution in [1.29, 1.82) is 0 Å². The summed E-state index contributed by atoms with van der Waals surface area (Å²) < 4.78 is 16.7. The molecule has 6 nitrogen and oxygen atoms in total. The summed E-state index contributed by atoms with van der Waals surface area (Å²) in [5.41, 5.74) is 0. The Morgan fingerprint density at radius 1 is 0.358 bits per heavy atom. The quantitative estimate of drug-likeness (QED) is 0.0351. The maximum atomic E-state index is 12.7. The molecular formula is C47H90O6. The maximum Gasteiger partial charge on any atom is 0.306 e. The second-order valence-electron chi connectivity index (χ2n) is 16.5. The zero-order valence-electron chi connectivity index (χ0n) is 36.0. The van der Waals surface area contributed by atoms with Crippen molar-refractivity contribution in [2.75, 3.05) is 13.2 Å². The molecule has 0 saturated carbocycles. The molecule has 6 heteroatoms. The summed E-state index contributed by atoms with van der Waals surface area (Å²) >= 11 is 0. The minimum Gasteiger partial charge on any atom is -0.462 e. The van der Waals surface area contributed by atoms with Gasteiger partial charge in [-0.05, 0) is 25.2 Å². The molecule has 0 rings (SSSR count). The average Bonchev–Trinajstić information content (AvgIpc) is 3.14. The van der Waals surface area contributed by atoms with Crippen molar-refractivity contribution in [3.05, 3.63) is 0 Å². The zero-order valence-corrected chi connectivity index (χ0v) is 36.0. The van der Waals surface area contributed by atoms with Crippen LogP contribution < -0.4 is 0 Å². The Kier molecular flexibility index (Phi) is 40.3. The molecule has 0 bridgehead atoms. The van der Waals surface area contributed by atoms with E-state index in [1.165, 1.54) is 154 Å². The Labute approximate surface area is 329 Å². The number of rotatable bonds is 42. The van der Waals surface area contributed by atoms with Crippen LogP contribution in [0.3, 0.4) is 0 Å². The molecule has 314 valence electrons. The van der Waals surface area contributed by atoms with Crippen LogP contribution in [-0.4, -0.2) is 37.2 Å². The molecule has 0 heterocycles. The van der Waals surface area contributed by atoms with E-state index in [4.69, 9.17) is 14.2 Å². The van der Waals surface area contributed by atoms with Crippen LogP contribution >= 0.6 is 0 Å². The fourth-order valence-electron chi connectivity index (χ4n) is 6.98. The van der Waals surface area contributed by atoms with Crippen LogP contribution in [0.15, 0.2) is 0 Å². The van der Waals surface area contributed by atoms with Crippen molar-refractivity contribution in [2.45, 2.75) is 265 Å². The van der Waals surface area contributed by atoms with Gasteiger partial charge in [0.15, 0.2) is 6.10 Å². The highest BCUT2D eigenvalue weighted by Crippen LogP contribution is 2.16. The number of ether oxygens (including phenoxy) is 3. The highest BCUT2D eigenvalue weighted by Gasteiger charge is 2.19. The van der Waals surface area contributed by atoms with Crippen molar-refractivity contribution >= 4 is 17.9 Å². The Morgan fingerprint density at radius 2 is 0.623 bits per heavy atom. The molecule has 0 radical (unpaired) electrons. The van der Waals surface area contributed by atoms with E-state index in [2.05, 4.69) is 27.7 Å². The molecule has 0 saturated heterocycles. The summed E-state index contributed by atoms with van der Waals surface area (Å²) in [5, 5.41) is 0. The van der Waals surface area contributed by atoms with Crippen molar-refractivity contribution < 1.29 is 28.6 Å². The van der Waals surface area contributed by atoms with Gasteiger partial charge in [0.05, 0.1) is 0 Å². The molecule has 0 fully saturated rings. The lowest BCUT2D eigenvalue weighted by molar-refractivity contribution is -0.167. The van der Waals surface area contributed by atoms with Crippen LogP contribution in [0.2, 0.25) is 0 Å². The third-order valence-corrected chi connectivity index (χ3v) is 10.5. The van der Waals surface area contributed by atoms with Crippen molar-refractivity contribution in [1.82, 2.24) is 0 Å². The number of carbonyl (C=O) groups is 3. The van der Waals surface area contributed by atoms with Crippen LogP contribution in [0.1, 0.15) is 259 Å². The highest BCUT2D eigenvalue weighted by atomic mass is 16.6. The van der Waals surface area contributed by atoms with Crippen LogP contribution in [0.5, 0.6) is 0 Å². The van der Waals surface area contributed by atoms with Crippen LogP contribution in [0.25, 0.3) is 0 Å². The molecule has 0 aliphatic rings. The van der Waals surface area contributed by atoms with Gasteiger partial charge in [0, 0.05) is 19.3 Å². The van der Waals surface area contributed by atoms with Crippen molar-refractivity contribution in [3.8, 4) is 0 Å². The molecule has 0 spiro atoms. The van der Waals surface area contributed by atoms with Gasteiger partial charge in [0.25, 0.3) is 0 Å². The molecule has 1 atom stereocenters. The lowest BCUT2D eigenvalue weighted by Gasteiger charge is -2.18. The molecule has 53 heavy (non-hydrogen) atoms. The van der Waals surface area contributed by atoms with Crippen molar-refractivity contribution in [2.24, 2.45) is 5.92 Å². The van der Waals surface area contributed by atoms with E-state index in [1.807, 2.05) is 0 Å². The first-order valence-electron chi connectivity index (χ1n) is 23.4. The van der Waals surface area contributed by atoms with E-state index in [9.17, 15) is 14.4 Å². The molecular weight excluding hydrogens is 661 g/mol. The Balaban J connectivity index is 4.30. The van der Waals surface area contributed by atoms with Crippen molar-refractivity contribution in [3.63, 3.8) is 0 Å². The minimum atomic E-state index is -0.759. The van der Waals surface area contributed by atoms with Gasteiger partial charge in [-0.3, -0.25) is 14.4 Å². The zero-order chi connectivity index (χ0) is 38.9. The Morgan fingerprint density at radius 3 is 0.925 bits per heavy atom. The molecule has 0 aromatic rings. The van der Waals surface area contributed by atoms with E-state index in [0.717, 1.165) is 63.7 Å². The second kappa shape index (κ2) is 41.6. The summed E-state index contributed by atoms with van der Waals surface area (Å²) in [6.45, 7) is 8.96. The van der Waals surface area contributed by atoms with Gasteiger partial charge < -0.3 is 14.2 Å². The molecule has 0 amide bonds. The van der Waals surface area contributed by atoms with Gasteiger partial charge in [-0.15, -0.1) is 0 Å². The first kappa shape index (κ1) is 51.4. The normalized spacial score (nSPS) is 11.9. The monoisotopic (exact) mass is 751 g/mol. The summed E-state index contributed by atoms with van der Waals surface area (Å²) in [6, 6.07) is 0. The van der Waals surface area contributed by atoms with Crippen LogP contribution in [0, 0.1) is 5.92 Å². The molecule has 0 aliphatic carbocycles. The predicted molar refractivity (Wildman–Crippen MR) is 224 cm³/mol. The van der Waals surface area contributed by atoms with E-state index >= 15 is 0 Å². The van der Waals surface area contributed by atoms with Gasteiger partial charge in [-0.25, -0.2) is 0 Å². The minimum absolute atomic E-state index is 0.0638. The summed E-state index contributed by atoms with van der Waals surface area (Å²) in [4.78, 5) is 37.7. The first-order valence-corrected chi connectivity index (χ1v) is 23.4. The number of esters is 3. The number of carbonyl (C=O) groups excluding carboxylic acids is 3. The summed E-state index contributed by atoms with van der Waals surface area (Å²) in [6.07, 6.45) is 40.9. The topological polar surface area (TPSA) is 78.9 Å². The molecule has 0 N–H and O–H groups in total. The van der Waals surface area contributed by atoms with Gasteiger partial charge >= 0.3 is 17.9 Å². The Hall–Kier alpha value is -1.59. The van der Waals surface area contributed by atoms with E-state index in [0.29, 0.717) is 19.3 Å². The van der Waals surface area contributed by atoms with Crippen LogP contribution in [-0.2, 0) is 28.6 Å². The van der Waals surface area contributed by atoms with E-state index in [1.54, 1.807) is 0 Å². The number of hydrogen-bond acceptors (Lipinski definition) is 6. The lowest BCUT2D eigenvalue weighted by atomic mass is 10.0. The molecule has 0 aromatic carbocycles. The SMILES string of the molecule is CCCCCCCCCCCCCCCCC(=O)OC[C@@H](COC(=O)CCCCCCCCCCC)OC(=O)CCCCCCCCCCCC(C)C. The molecule has 0 aliphatic heterocycles. The third-order valence-electron chi connectivity index (χ3n) is 10.5. The largest absolute Gasteiger partial charge is 0.462 e. The van der Waals surface area contributed by atoms with Crippen LogP contribution in [0.4, 0.5) is 0 Å². The second-order valence-corrected chi connectivity index (χ2v) is 16.5. The van der Waals surface area contributed by atoms with Gasteiger partial charge in [-0.2, -0.15) is 0 Å². The summed E-state index contributed by atoms with van der Waals surface area (Å²) in [5.74, 6) is -0.0493. The predicted octanol–water partition coefficient (Wildman–Crippen LogP) is 14.7. The first-order chi connectivity index (χ1) is 25.9. The van der Waals surface area contributed by atoms with E-state index in [-0.39, 0.29) is 31.1 Å². The van der Waals surface area contributed by atoms with E-state index < -0.39 is 6.10 Å². The fourth-order valence-corrected chi connectivity index (χ4v) is 6.98. The maximum absolute atomic E-state index is 12.7. The molecule has 0 aromatic heterocycles. The average molecular weight is 751 g/mol. The molecule has 0 unspecified atom stereocenters. The summed E-state index contributed by atoms with van der Waals surface area (Å²) in [7, 11) is 0. The fraction of sp³-hybridized carbons (Fsp3) is 0.936.